The molecule has 0 atom stereocenters. The SMILES string of the molecule is CC(C)=C1CC=C(C(C)C)C1=O. The fourth-order valence-corrected chi connectivity index (χ4v) is 1.50. The Hall–Kier alpha value is -0.850. The van der Waals surface area contributed by atoms with Gasteiger partial charge in [0.2, 0.25) is 0 Å². The van der Waals surface area contributed by atoms with Crippen LogP contribution in [0.4, 0.5) is 0 Å². The molecule has 0 fully saturated rings. The van der Waals surface area contributed by atoms with Crippen LogP contribution in [0.15, 0.2) is 22.8 Å². The molecule has 0 radical (unpaired) electrons. The van der Waals surface area contributed by atoms with E-state index in [1.54, 1.807) is 0 Å². The van der Waals surface area contributed by atoms with Gasteiger partial charge in [-0.05, 0) is 31.8 Å². The fourth-order valence-electron chi connectivity index (χ4n) is 1.50. The first kappa shape index (κ1) is 9.24. The Morgan fingerprint density at radius 2 is 2.00 bits per heavy atom. The van der Waals surface area contributed by atoms with E-state index in [0.29, 0.717) is 5.92 Å². The van der Waals surface area contributed by atoms with Crippen molar-refractivity contribution >= 4 is 5.78 Å². The van der Waals surface area contributed by atoms with Crippen LogP contribution in [0, 0.1) is 5.92 Å². The first-order valence-electron chi connectivity index (χ1n) is 4.45. The Balaban J connectivity index is 2.92. The molecule has 0 aromatic rings. The van der Waals surface area contributed by atoms with E-state index in [0.717, 1.165) is 23.1 Å². The van der Waals surface area contributed by atoms with Crippen molar-refractivity contribution < 1.29 is 4.79 Å². The lowest BCUT2D eigenvalue weighted by Crippen LogP contribution is -2.05. The molecule has 0 N–H and O–H groups in total. The van der Waals surface area contributed by atoms with Crippen molar-refractivity contribution in [2.24, 2.45) is 5.92 Å². The number of Topliss-reactive ketones (excluding diaryl/α,β-unsaturated/α-hetero) is 1. The maximum Gasteiger partial charge on any atom is 0.185 e. The van der Waals surface area contributed by atoms with Gasteiger partial charge < -0.3 is 0 Å². The maximum atomic E-state index is 11.7. The number of carbonyl (C=O) groups excluding carboxylic acids is 1. The molecule has 0 amide bonds. The minimum Gasteiger partial charge on any atom is -0.289 e. The lowest BCUT2D eigenvalue weighted by molar-refractivity contribution is -0.112. The summed E-state index contributed by atoms with van der Waals surface area (Å²) in [5.41, 5.74) is 3.15. The molecule has 1 rings (SSSR count). The van der Waals surface area contributed by atoms with Gasteiger partial charge in [-0.3, -0.25) is 4.79 Å². The van der Waals surface area contributed by atoms with Crippen LogP contribution >= 0.6 is 0 Å². The highest BCUT2D eigenvalue weighted by molar-refractivity contribution is 6.11. The zero-order valence-electron chi connectivity index (χ0n) is 8.27. The lowest BCUT2D eigenvalue weighted by Gasteiger charge is -2.04. The molecule has 0 aromatic heterocycles. The third-order valence-electron chi connectivity index (χ3n) is 2.29. The minimum absolute atomic E-state index is 0.269. The molecule has 0 aromatic carbocycles. The molecule has 0 saturated heterocycles. The summed E-state index contributed by atoms with van der Waals surface area (Å²) in [5.74, 6) is 0.638. The summed E-state index contributed by atoms with van der Waals surface area (Å²) < 4.78 is 0. The molecule has 66 valence electrons. The van der Waals surface area contributed by atoms with E-state index in [4.69, 9.17) is 0 Å². The standard InChI is InChI=1S/C11H16O/c1-7(2)9-5-6-10(8(3)4)11(9)12/h5,7H,6H2,1-4H3. The molecule has 1 aliphatic carbocycles. The molecular weight excluding hydrogens is 148 g/mol. The van der Waals surface area contributed by atoms with E-state index < -0.39 is 0 Å². The van der Waals surface area contributed by atoms with E-state index in [1.165, 1.54) is 0 Å². The number of carbonyl (C=O) groups is 1. The fraction of sp³-hybridized carbons (Fsp3) is 0.545. The summed E-state index contributed by atoms with van der Waals surface area (Å²) in [7, 11) is 0. The maximum absolute atomic E-state index is 11.7. The third-order valence-corrected chi connectivity index (χ3v) is 2.29. The van der Waals surface area contributed by atoms with Gasteiger partial charge in [0.05, 0.1) is 0 Å². The molecule has 0 spiro atoms. The van der Waals surface area contributed by atoms with Gasteiger partial charge in [-0.2, -0.15) is 0 Å². The van der Waals surface area contributed by atoms with E-state index in [2.05, 4.69) is 19.9 Å². The van der Waals surface area contributed by atoms with E-state index in [9.17, 15) is 4.79 Å². The van der Waals surface area contributed by atoms with Crippen molar-refractivity contribution in [3.8, 4) is 0 Å². The summed E-state index contributed by atoms with van der Waals surface area (Å²) in [6, 6.07) is 0. The van der Waals surface area contributed by atoms with E-state index in [1.807, 2.05) is 13.8 Å². The van der Waals surface area contributed by atoms with Crippen LogP contribution in [-0.2, 0) is 4.79 Å². The lowest BCUT2D eigenvalue weighted by atomic mass is 9.99. The second-order valence-corrected chi connectivity index (χ2v) is 3.83. The molecule has 0 aliphatic heterocycles. The van der Waals surface area contributed by atoms with Crippen molar-refractivity contribution in [2.75, 3.05) is 0 Å². The van der Waals surface area contributed by atoms with Gasteiger partial charge in [-0.25, -0.2) is 0 Å². The normalized spacial score (nSPS) is 17.2. The molecule has 1 aliphatic rings. The van der Waals surface area contributed by atoms with Crippen molar-refractivity contribution in [2.45, 2.75) is 34.1 Å². The highest BCUT2D eigenvalue weighted by atomic mass is 16.1. The highest BCUT2D eigenvalue weighted by Crippen LogP contribution is 2.27. The van der Waals surface area contributed by atoms with Crippen molar-refractivity contribution in [3.05, 3.63) is 22.8 Å². The quantitative estimate of drug-likeness (QED) is 0.545. The van der Waals surface area contributed by atoms with Gasteiger partial charge in [0, 0.05) is 5.57 Å². The summed E-state index contributed by atoms with van der Waals surface area (Å²) in [4.78, 5) is 11.7. The first-order chi connectivity index (χ1) is 5.54. The van der Waals surface area contributed by atoms with Gasteiger partial charge in [-0.15, -0.1) is 0 Å². The molecular formula is C11H16O. The Morgan fingerprint density at radius 3 is 2.25 bits per heavy atom. The van der Waals surface area contributed by atoms with Crippen molar-refractivity contribution in [3.63, 3.8) is 0 Å². The van der Waals surface area contributed by atoms with E-state index >= 15 is 0 Å². The van der Waals surface area contributed by atoms with Gasteiger partial charge in [-0.1, -0.05) is 25.5 Å². The topological polar surface area (TPSA) is 17.1 Å². The summed E-state index contributed by atoms with van der Waals surface area (Å²) in [5, 5.41) is 0. The molecule has 1 nitrogen and oxygen atoms in total. The van der Waals surface area contributed by atoms with Crippen molar-refractivity contribution in [1.82, 2.24) is 0 Å². The predicted molar refractivity (Wildman–Crippen MR) is 50.9 cm³/mol. The van der Waals surface area contributed by atoms with Crippen LogP contribution in [0.25, 0.3) is 0 Å². The van der Waals surface area contributed by atoms with Crippen LogP contribution < -0.4 is 0 Å². The highest BCUT2D eigenvalue weighted by Gasteiger charge is 2.23. The minimum atomic E-state index is 0.269. The number of allylic oxidation sites excluding steroid dienone is 4. The van der Waals surface area contributed by atoms with Gasteiger partial charge in [0.1, 0.15) is 0 Å². The first-order valence-corrected chi connectivity index (χ1v) is 4.45. The Morgan fingerprint density at radius 1 is 1.42 bits per heavy atom. The van der Waals surface area contributed by atoms with Crippen LogP contribution in [-0.4, -0.2) is 5.78 Å². The second-order valence-electron chi connectivity index (χ2n) is 3.83. The number of hydrogen-bond donors (Lipinski definition) is 0. The Labute approximate surface area is 74.2 Å². The van der Waals surface area contributed by atoms with Gasteiger partial charge in [0.25, 0.3) is 0 Å². The van der Waals surface area contributed by atoms with Gasteiger partial charge in [0.15, 0.2) is 5.78 Å². The summed E-state index contributed by atoms with van der Waals surface area (Å²) >= 11 is 0. The molecule has 0 saturated carbocycles. The number of rotatable bonds is 1. The average Bonchev–Trinajstić information content (AvgIpc) is 2.30. The second kappa shape index (κ2) is 3.26. The zero-order valence-corrected chi connectivity index (χ0v) is 8.27. The van der Waals surface area contributed by atoms with E-state index in [-0.39, 0.29) is 5.78 Å². The Bertz CT molecular complexity index is 263. The van der Waals surface area contributed by atoms with Gasteiger partial charge >= 0.3 is 0 Å². The number of ketones is 1. The summed E-state index contributed by atoms with van der Waals surface area (Å²) in [6.45, 7) is 8.14. The monoisotopic (exact) mass is 164 g/mol. The molecule has 1 heteroatoms. The van der Waals surface area contributed by atoms with Crippen LogP contribution in [0.2, 0.25) is 0 Å². The smallest absolute Gasteiger partial charge is 0.185 e. The molecule has 0 heterocycles. The zero-order chi connectivity index (χ0) is 9.30. The molecule has 12 heavy (non-hydrogen) atoms. The largest absolute Gasteiger partial charge is 0.289 e. The van der Waals surface area contributed by atoms with Crippen LogP contribution in [0.1, 0.15) is 34.1 Å². The predicted octanol–water partition coefficient (Wildman–Crippen LogP) is 2.88. The van der Waals surface area contributed by atoms with Crippen molar-refractivity contribution in [1.29, 1.82) is 0 Å². The van der Waals surface area contributed by atoms with Crippen LogP contribution in [0.3, 0.4) is 0 Å². The van der Waals surface area contributed by atoms with Crippen LogP contribution in [0.5, 0.6) is 0 Å². The molecule has 0 bridgehead atoms. The summed E-state index contributed by atoms with van der Waals surface area (Å²) in [6.07, 6.45) is 2.91. The number of hydrogen-bond acceptors (Lipinski definition) is 1. The molecule has 0 unspecified atom stereocenters. The average molecular weight is 164 g/mol. The third kappa shape index (κ3) is 1.50. The Kier molecular flexibility index (Phi) is 2.51.